The van der Waals surface area contributed by atoms with Gasteiger partial charge in [-0.2, -0.15) is 8.42 Å². The molecule has 0 bridgehead atoms. The molecule has 2 N–H and O–H groups in total. The number of thiophene rings is 1. The Morgan fingerprint density at radius 1 is 1.14 bits per heavy atom. The zero-order valence-corrected chi connectivity index (χ0v) is 16.7. The lowest BCUT2D eigenvalue weighted by molar-refractivity contribution is -0.142. The van der Waals surface area contributed by atoms with Crippen molar-refractivity contribution in [2.24, 2.45) is 5.92 Å². The highest BCUT2D eigenvalue weighted by atomic mass is 32.3. The molecule has 1 fully saturated rings. The summed E-state index contributed by atoms with van der Waals surface area (Å²) in [6.45, 7) is 1.22. The van der Waals surface area contributed by atoms with Gasteiger partial charge in [0.25, 0.3) is 0 Å². The van der Waals surface area contributed by atoms with Gasteiger partial charge in [-0.05, 0) is 43.2 Å². The van der Waals surface area contributed by atoms with E-state index in [0.717, 1.165) is 17.0 Å². The second kappa shape index (κ2) is 7.29. The topological polar surface area (TPSA) is 125 Å². The first kappa shape index (κ1) is 19.6. The molecule has 29 heavy (non-hydrogen) atoms. The van der Waals surface area contributed by atoms with Gasteiger partial charge in [0, 0.05) is 35.1 Å². The Labute approximate surface area is 169 Å². The van der Waals surface area contributed by atoms with Crippen LogP contribution in [0.15, 0.2) is 49.8 Å². The van der Waals surface area contributed by atoms with Gasteiger partial charge in [0.05, 0.1) is 11.5 Å². The third-order valence-corrected chi connectivity index (χ3v) is 7.47. The number of hydrogen-bond donors (Lipinski definition) is 2. The number of rotatable bonds is 4. The molecule has 1 aliphatic rings. The molecule has 0 saturated carbocycles. The van der Waals surface area contributed by atoms with Crippen LogP contribution >= 0.6 is 11.3 Å². The zero-order chi connectivity index (χ0) is 20.8. The van der Waals surface area contributed by atoms with E-state index in [1.165, 1.54) is 12.1 Å². The van der Waals surface area contributed by atoms with E-state index in [0.29, 0.717) is 41.8 Å². The Morgan fingerprint density at radius 2 is 1.86 bits per heavy atom. The van der Waals surface area contributed by atoms with E-state index in [9.17, 15) is 18.0 Å². The number of carboxylic acid groups (broad SMARTS) is 1. The molecule has 152 valence electrons. The maximum Gasteiger partial charge on any atom is 0.345 e. The van der Waals surface area contributed by atoms with Crippen LogP contribution in [0, 0.1) is 5.92 Å². The number of hydrogen-bond acceptors (Lipinski definition) is 7. The van der Waals surface area contributed by atoms with E-state index in [2.05, 4.69) is 4.90 Å². The van der Waals surface area contributed by atoms with Crippen LogP contribution in [0.2, 0.25) is 0 Å². The van der Waals surface area contributed by atoms with Gasteiger partial charge >= 0.3 is 21.7 Å². The van der Waals surface area contributed by atoms with Crippen molar-refractivity contribution in [1.82, 2.24) is 0 Å². The molecule has 0 spiro atoms. The molecule has 1 aliphatic heterocycles. The van der Waals surface area contributed by atoms with Crippen LogP contribution in [-0.2, 0) is 14.9 Å². The van der Waals surface area contributed by atoms with Crippen molar-refractivity contribution in [3.8, 4) is 10.4 Å². The number of benzene rings is 1. The standard InChI is InChI=1S/C19H17NO7S2/c21-18(22)11-5-7-20(8-6-11)13-2-1-12-9-14(19(23)27-15(12)10-13)16-3-4-17(28-16)29(24,25)26/h1-4,9-11H,5-8H2,(H,21,22)(H,24,25,26). The second-order valence-electron chi connectivity index (χ2n) is 6.86. The van der Waals surface area contributed by atoms with Crippen LogP contribution in [-0.4, -0.2) is 37.1 Å². The van der Waals surface area contributed by atoms with Crippen LogP contribution in [0.25, 0.3) is 21.4 Å². The average molecular weight is 435 g/mol. The third kappa shape index (κ3) is 3.91. The van der Waals surface area contributed by atoms with Crippen molar-refractivity contribution >= 4 is 44.1 Å². The second-order valence-corrected chi connectivity index (χ2v) is 9.60. The van der Waals surface area contributed by atoms with Gasteiger partial charge in [0.2, 0.25) is 0 Å². The van der Waals surface area contributed by atoms with Crippen LogP contribution in [0.3, 0.4) is 0 Å². The summed E-state index contributed by atoms with van der Waals surface area (Å²) in [5.41, 5.74) is 0.848. The van der Waals surface area contributed by atoms with Crippen molar-refractivity contribution in [2.45, 2.75) is 17.1 Å². The minimum absolute atomic E-state index is 0.215. The summed E-state index contributed by atoms with van der Waals surface area (Å²) >= 11 is 0.790. The first-order valence-electron chi connectivity index (χ1n) is 8.86. The molecule has 3 heterocycles. The van der Waals surface area contributed by atoms with Gasteiger partial charge in [0.15, 0.2) is 0 Å². The van der Waals surface area contributed by atoms with Crippen LogP contribution < -0.4 is 10.5 Å². The molecule has 1 aromatic carbocycles. The molecule has 10 heteroatoms. The first-order chi connectivity index (χ1) is 13.7. The van der Waals surface area contributed by atoms with Crippen molar-refractivity contribution in [2.75, 3.05) is 18.0 Å². The smallest absolute Gasteiger partial charge is 0.345 e. The molecule has 2 aromatic heterocycles. The van der Waals surface area contributed by atoms with E-state index in [1.54, 1.807) is 18.2 Å². The largest absolute Gasteiger partial charge is 0.481 e. The van der Waals surface area contributed by atoms with Crippen molar-refractivity contribution in [1.29, 1.82) is 0 Å². The fraction of sp³-hybridized carbons (Fsp3) is 0.263. The highest BCUT2D eigenvalue weighted by Crippen LogP contribution is 2.32. The highest BCUT2D eigenvalue weighted by molar-refractivity contribution is 7.88. The number of carbonyl (C=O) groups is 1. The van der Waals surface area contributed by atoms with Gasteiger partial charge in [0.1, 0.15) is 9.79 Å². The minimum atomic E-state index is -4.33. The maximum absolute atomic E-state index is 12.4. The summed E-state index contributed by atoms with van der Waals surface area (Å²) in [6, 6.07) is 9.75. The van der Waals surface area contributed by atoms with Gasteiger partial charge in [-0.3, -0.25) is 9.35 Å². The number of fused-ring (bicyclic) bond motifs is 1. The molecule has 0 radical (unpaired) electrons. The van der Waals surface area contributed by atoms with Gasteiger partial charge < -0.3 is 14.4 Å². The molecule has 3 aromatic rings. The Bertz CT molecular complexity index is 1250. The lowest BCUT2D eigenvalue weighted by Crippen LogP contribution is -2.36. The monoisotopic (exact) mass is 435 g/mol. The summed E-state index contributed by atoms with van der Waals surface area (Å²) in [4.78, 5) is 26.0. The van der Waals surface area contributed by atoms with E-state index in [1.807, 2.05) is 6.07 Å². The van der Waals surface area contributed by atoms with Crippen LogP contribution in [0.4, 0.5) is 5.69 Å². The molecule has 8 nitrogen and oxygen atoms in total. The highest BCUT2D eigenvalue weighted by Gasteiger charge is 2.25. The van der Waals surface area contributed by atoms with Crippen molar-refractivity contribution in [3.63, 3.8) is 0 Å². The Hall–Kier alpha value is -2.69. The predicted octanol–water partition coefficient (Wildman–Crippen LogP) is 3.07. The van der Waals surface area contributed by atoms with Crippen LogP contribution in [0.1, 0.15) is 12.8 Å². The molecule has 4 rings (SSSR count). The van der Waals surface area contributed by atoms with E-state index < -0.39 is 21.7 Å². The van der Waals surface area contributed by atoms with Crippen molar-refractivity contribution < 1.29 is 27.3 Å². The van der Waals surface area contributed by atoms with Gasteiger partial charge in [-0.25, -0.2) is 4.79 Å². The number of carboxylic acids is 1. The van der Waals surface area contributed by atoms with Gasteiger partial charge in [-0.1, -0.05) is 0 Å². The summed E-state index contributed by atoms with van der Waals surface area (Å²) in [6.07, 6.45) is 1.12. The number of anilines is 1. The minimum Gasteiger partial charge on any atom is -0.481 e. The molecular formula is C19H17NO7S2. The summed E-state index contributed by atoms with van der Waals surface area (Å²) in [5.74, 6) is -1.10. The normalized spacial score (nSPS) is 15.7. The Morgan fingerprint density at radius 3 is 2.48 bits per heavy atom. The lowest BCUT2D eigenvalue weighted by atomic mass is 9.96. The molecule has 0 atom stereocenters. The zero-order valence-electron chi connectivity index (χ0n) is 15.1. The fourth-order valence-electron chi connectivity index (χ4n) is 3.46. The predicted molar refractivity (Wildman–Crippen MR) is 108 cm³/mol. The van der Waals surface area contributed by atoms with Crippen molar-refractivity contribution in [3.05, 3.63) is 46.8 Å². The number of nitrogens with zero attached hydrogens (tertiary/aromatic N) is 1. The van der Waals surface area contributed by atoms with Gasteiger partial charge in [-0.15, -0.1) is 11.3 Å². The Kier molecular flexibility index (Phi) is 4.93. The summed E-state index contributed by atoms with van der Waals surface area (Å²) < 4.78 is 36.8. The quantitative estimate of drug-likeness (QED) is 0.473. The average Bonchev–Trinajstić information content (AvgIpc) is 3.17. The van der Waals surface area contributed by atoms with E-state index in [-0.39, 0.29) is 15.7 Å². The molecule has 0 amide bonds. The molecular weight excluding hydrogens is 418 g/mol. The summed E-state index contributed by atoms with van der Waals surface area (Å²) in [5, 5.41) is 9.79. The lowest BCUT2D eigenvalue weighted by Gasteiger charge is -2.31. The SMILES string of the molecule is O=C(O)C1CCN(c2ccc3cc(-c4ccc(S(=O)(=O)O)s4)c(=O)oc3c2)CC1. The molecule has 0 aliphatic carbocycles. The third-order valence-electron chi connectivity index (χ3n) is 5.03. The Balaban J connectivity index is 1.65. The first-order valence-corrected chi connectivity index (χ1v) is 11.1. The molecule has 0 unspecified atom stereocenters. The van der Waals surface area contributed by atoms with Crippen LogP contribution in [0.5, 0.6) is 0 Å². The summed E-state index contributed by atoms with van der Waals surface area (Å²) in [7, 11) is -4.33. The molecule has 1 saturated heterocycles. The van der Waals surface area contributed by atoms with E-state index >= 15 is 0 Å². The maximum atomic E-state index is 12.4. The number of aliphatic carboxylic acids is 1. The van der Waals surface area contributed by atoms with E-state index in [4.69, 9.17) is 14.1 Å². The number of piperidine rings is 1. The fourth-order valence-corrected chi connectivity index (χ4v) is 5.13.